The predicted molar refractivity (Wildman–Crippen MR) is 116 cm³/mol. The topological polar surface area (TPSA) is 63.7 Å². The lowest BCUT2D eigenvalue weighted by Gasteiger charge is -2.31. The number of rotatable bonds is 6. The van der Waals surface area contributed by atoms with Gasteiger partial charge >= 0.3 is 0 Å². The lowest BCUT2D eigenvalue weighted by atomic mass is 9.96. The molecular formula is C22H25N3O3S. The first kappa shape index (κ1) is 19.5. The second kappa shape index (κ2) is 8.69. The van der Waals surface area contributed by atoms with Gasteiger partial charge in [0, 0.05) is 31.1 Å². The minimum atomic E-state index is 0.0374. The Kier molecular flexibility index (Phi) is 5.85. The van der Waals surface area contributed by atoms with Crippen molar-refractivity contribution in [2.45, 2.75) is 19.4 Å². The molecule has 1 aliphatic rings. The Morgan fingerprint density at radius 1 is 1.17 bits per heavy atom. The van der Waals surface area contributed by atoms with Gasteiger partial charge in [-0.2, -0.15) is 0 Å². The van der Waals surface area contributed by atoms with Crippen LogP contribution < -0.4 is 19.7 Å². The molecule has 152 valence electrons. The number of ether oxygens (including phenoxy) is 2. The van der Waals surface area contributed by atoms with Crippen LogP contribution in [0.3, 0.4) is 0 Å². The molecule has 0 aliphatic carbocycles. The number of nitrogens with one attached hydrogen (secondary N) is 1. The number of para-hydroxylation sites is 1. The molecular weight excluding hydrogens is 386 g/mol. The first-order valence-electron chi connectivity index (χ1n) is 9.77. The molecule has 0 atom stereocenters. The zero-order valence-corrected chi connectivity index (χ0v) is 17.5. The van der Waals surface area contributed by atoms with E-state index in [1.165, 1.54) is 0 Å². The largest absolute Gasteiger partial charge is 0.497 e. The Hall–Kier alpha value is -2.80. The number of thiazole rings is 1. The summed E-state index contributed by atoms with van der Waals surface area (Å²) in [6.45, 7) is 2.16. The fourth-order valence-corrected chi connectivity index (χ4v) is 4.71. The van der Waals surface area contributed by atoms with E-state index in [2.05, 4.69) is 10.2 Å². The van der Waals surface area contributed by atoms with Crippen LogP contribution in [-0.2, 0) is 11.3 Å². The summed E-state index contributed by atoms with van der Waals surface area (Å²) in [5, 5.41) is 4.08. The minimum Gasteiger partial charge on any atom is -0.497 e. The SMILES string of the molecule is COc1ccc2nc(N3CCC(C(=O)NCc4ccccc4OC)CC3)sc2c1. The molecule has 2 heterocycles. The molecule has 3 aromatic rings. The summed E-state index contributed by atoms with van der Waals surface area (Å²) >= 11 is 1.67. The molecule has 1 aliphatic heterocycles. The maximum absolute atomic E-state index is 12.6. The van der Waals surface area contributed by atoms with Crippen molar-refractivity contribution in [3.8, 4) is 11.5 Å². The second-order valence-corrected chi connectivity index (χ2v) is 8.13. The number of hydrogen-bond donors (Lipinski definition) is 1. The molecule has 0 spiro atoms. The molecule has 7 heteroatoms. The van der Waals surface area contributed by atoms with E-state index in [1.807, 2.05) is 42.5 Å². The van der Waals surface area contributed by atoms with Crippen LogP contribution in [0, 0.1) is 5.92 Å². The van der Waals surface area contributed by atoms with E-state index in [4.69, 9.17) is 14.5 Å². The van der Waals surface area contributed by atoms with E-state index < -0.39 is 0 Å². The number of hydrogen-bond acceptors (Lipinski definition) is 6. The van der Waals surface area contributed by atoms with Gasteiger partial charge in [0.2, 0.25) is 5.91 Å². The van der Waals surface area contributed by atoms with Gasteiger partial charge in [-0.25, -0.2) is 4.98 Å². The monoisotopic (exact) mass is 411 g/mol. The van der Waals surface area contributed by atoms with Crippen LogP contribution >= 0.6 is 11.3 Å². The average molecular weight is 412 g/mol. The number of methoxy groups -OCH3 is 2. The molecule has 1 fully saturated rings. The maximum Gasteiger partial charge on any atom is 0.223 e. The van der Waals surface area contributed by atoms with Gasteiger partial charge in [0.25, 0.3) is 0 Å². The number of benzene rings is 2. The lowest BCUT2D eigenvalue weighted by Crippen LogP contribution is -2.40. The Balaban J connectivity index is 1.33. The van der Waals surface area contributed by atoms with Crippen molar-refractivity contribution < 1.29 is 14.3 Å². The van der Waals surface area contributed by atoms with Gasteiger partial charge in [-0.1, -0.05) is 29.5 Å². The third-order valence-corrected chi connectivity index (χ3v) is 6.45. The molecule has 1 saturated heterocycles. The van der Waals surface area contributed by atoms with Gasteiger partial charge < -0.3 is 19.7 Å². The molecule has 4 rings (SSSR count). The molecule has 2 aromatic carbocycles. The van der Waals surface area contributed by atoms with E-state index >= 15 is 0 Å². The Labute approximate surface area is 174 Å². The lowest BCUT2D eigenvalue weighted by molar-refractivity contribution is -0.125. The molecule has 1 N–H and O–H groups in total. The van der Waals surface area contributed by atoms with E-state index in [0.717, 1.165) is 58.3 Å². The maximum atomic E-state index is 12.6. The molecule has 0 unspecified atom stereocenters. The van der Waals surface area contributed by atoms with E-state index in [9.17, 15) is 4.79 Å². The highest BCUT2D eigenvalue weighted by Gasteiger charge is 2.26. The number of anilines is 1. The summed E-state index contributed by atoms with van der Waals surface area (Å²) < 4.78 is 11.8. The van der Waals surface area contributed by atoms with Crippen LogP contribution in [0.1, 0.15) is 18.4 Å². The molecule has 1 amide bonds. The standard InChI is InChI=1S/C22H25N3O3S/c1-27-17-7-8-18-20(13-17)29-22(24-18)25-11-9-15(10-12-25)21(26)23-14-16-5-3-4-6-19(16)28-2/h3-8,13,15H,9-12,14H2,1-2H3,(H,23,26). The third-order valence-electron chi connectivity index (χ3n) is 5.37. The fourth-order valence-electron chi connectivity index (χ4n) is 3.66. The molecule has 29 heavy (non-hydrogen) atoms. The van der Waals surface area contributed by atoms with Gasteiger partial charge in [-0.3, -0.25) is 4.79 Å². The first-order chi connectivity index (χ1) is 14.2. The zero-order chi connectivity index (χ0) is 20.2. The summed E-state index contributed by atoms with van der Waals surface area (Å²) in [5.74, 6) is 1.80. The number of carbonyl (C=O) groups excluding carboxylic acids is 1. The highest BCUT2D eigenvalue weighted by atomic mass is 32.1. The van der Waals surface area contributed by atoms with Gasteiger partial charge in [0.05, 0.1) is 24.4 Å². The van der Waals surface area contributed by atoms with Crippen LogP contribution in [-0.4, -0.2) is 38.2 Å². The van der Waals surface area contributed by atoms with Gasteiger partial charge in [0.15, 0.2) is 5.13 Å². The smallest absolute Gasteiger partial charge is 0.223 e. The number of aromatic nitrogens is 1. The summed E-state index contributed by atoms with van der Waals surface area (Å²) in [5.41, 5.74) is 1.98. The van der Waals surface area contributed by atoms with Crippen LogP contribution in [0.5, 0.6) is 11.5 Å². The van der Waals surface area contributed by atoms with Crippen molar-refractivity contribution in [1.82, 2.24) is 10.3 Å². The molecule has 0 radical (unpaired) electrons. The number of nitrogens with zero attached hydrogens (tertiary/aromatic N) is 2. The molecule has 6 nitrogen and oxygen atoms in total. The van der Waals surface area contributed by atoms with Crippen molar-refractivity contribution in [2.24, 2.45) is 5.92 Å². The fraction of sp³-hybridized carbons (Fsp3) is 0.364. The van der Waals surface area contributed by atoms with Crippen molar-refractivity contribution in [2.75, 3.05) is 32.2 Å². The Bertz CT molecular complexity index is 996. The minimum absolute atomic E-state index is 0.0374. The summed E-state index contributed by atoms with van der Waals surface area (Å²) in [6, 6.07) is 13.7. The van der Waals surface area contributed by atoms with Gasteiger partial charge in [-0.15, -0.1) is 0 Å². The third kappa shape index (κ3) is 4.29. The predicted octanol–water partition coefficient (Wildman–Crippen LogP) is 3.85. The normalized spacial score (nSPS) is 14.8. The molecule has 0 bridgehead atoms. The highest BCUT2D eigenvalue weighted by Crippen LogP contribution is 2.33. The summed E-state index contributed by atoms with van der Waals surface area (Å²) in [7, 11) is 3.32. The van der Waals surface area contributed by atoms with E-state index in [0.29, 0.717) is 6.54 Å². The average Bonchev–Trinajstić information content (AvgIpc) is 3.21. The number of piperidine rings is 1. The quantitative estimate of drug-likeness (QED) is 0.668. The Morgan fingerprint density at radius 3 is 2.72 bits per heavy atom. The summed E-state index contributed by atoms with van der Waals surface area (Å²) in [6.07, 6.45) is 1.66. The number of amides is 1. The van der Waals surface area contributed by atoms with E-state index in [1.54, 1.807) is 25.6 Å². The zero-order valence-electron chi connectivity index (χ0n) is 16.7. The van der Waals surface area contributed by atoms with Crippen LogP contribution in [0.25, 0.3) is 10.2 Å². The van der Waals surface area contributed by atoms with Crippen LogP contribution in [0.4, 0.5) is 5.13 Å². The van der Waals surface area contributed by atoms with Gasteiger partial charge in [-0.05, 0) is 37.1 Å². The van der Waals surface area contributed by atoms with Crippen LogP contribution in [0.2, 0.25) is 0 Å². The Morgan fingerprint density at radius 2 is 1.97 bits per heavy atom. The van der Waals surface area contributed by atoms with Crippen molar-refractivity contribution in [1.29, 1.82) is 0 Å². The number of carbonyl (C=O) groups is 1. The number of fused-ring (bicyclic) bond motifs is 1. The second-order valence-electron chi connectivity index (χ2n) is 7.12. The summed E-state index contributed by atoms with van der Waals surface area (Å²) in [4.78, 5) is 19.7. The van der Waals surface area contributed by atoms with E-state index in [-0.39, 0.29) is 11.8 Å². The molecule has 1 aromatic heterocycles. The van der Waals surface area contributed by atoms with Crippen LogP contribution in [0.15, 0.2) is 42.5 Å². The first-order valence-corrected chi connectivity index (χ1v) is 10.6. The highest BCUT2D eigenvalue weighted by molar-refractivity contribution is 7.22. The van der Waals surface area contributed by atoms with Crippen molar-refractivity contribution >= 4 is 32.6 Å². The van der Waals surface area contributed by atoms with Crippen molar-refractivity contribution in [3.05, 3.63) is 48.0 Å². The molecule has 0 saturated carbocycles. The van der Waals surface area contributed by atoms with Crippen molar-refractivity contribution in [3.63, 3.8) is 0 Å². The van der Waals surface area contributed by atoms with Gasteiger partial charge in [0.1, 0.15) is 11.5 Å².